The second-order valence-corrected chi connectivity index (χ2v) is 5.80. The molecule has 0 spiro atoms. The van der Waals surface area contributed by atoms with Gasteiger partial charge in [0.1, 0.15) is 11.3 Å². The van der Waals surface area contributed by atoms with Crippen molar-refractivity contribution in [3.05, 3.63) is 95.8 Å². The van der Waals surface area contributed by atoms with E-state index in [4.69, 9.17) is 0 Å². The van der Waals surface area contributed by atoms with Crippen LogP contribution in [-0.2, 0) is 0 Å². The number of nitrogens with zero attached hydrogens (tertiary/aromatic N) is 2. The highest BCUT2D eigenvalue weighted by Crippen LogP contribution is 2.27. The molecule has 0 aliphatic heterocycles. The van der Waals surface area contributed by atoms with Gasteiger partial charge in [0.15, 0.2) is 0 Å². The molecule has 0 saturated carbocycles. The van der Waals surface area contributed by atoms with Crippen molar-refractivity contribution in [1.82, 2.24) is 9.38 Å². The third kappa shape index (κ3) is 2.40. The van der Waals surface area contributed by atoms with E-state index in [1.165, 1.54) is 5.56 Å². The Balaban J connectivity index is 1.97. The molecule has 2 heterocycles. The molecule has 0 fully saturated rings. The molecule has 2 aromatic heterocycles. The van der Waals surface area contributed by atoms with Gasteiger partial charge in [0.2, 0.25) is 5.78 Å². The van der Waals surface area contributed by atoms with Crippen LogP contribution >= 0.6 is 0 Å². The fraction of sp³-hybridized carbons (Fsp3) is 0.0476. The number of carbonyl (C=O) groups is 1. The summed E-state index contributed by atoms with van der Waals surface area (Å²) in [5.41, 5.74) is 4.90. The SMILES string of the molecule is Cc1ccc(-c2c(C(=O)c3ccccc3)nc3ccccn23)cc1. The standard InChI is InChI=1S/C21H16N2O/c1-15-10-12-16(13-11-15)20-19(21(24)17-7-3-2-4-8-17)22-18-9-5-6-14-23(18)20/h2-14H,1H3. The van der Waals surface area contributed by atoms with E-state index in [1.54, 1.807) is 0 Å². The Hall–Kier alpha value is -3.20. The minimum atomic E-state index is -0.0603. The van der Waals surface area contributed by atoms with E-state index in [9.17, 15) is 4.79 Å². The maximum Gasteiger partial charge on any atom is 0.213 e. The molecular formula is C21H16N2O. The van der Waals surface area contributed by atoms with E-state index in [0.717, 1.165) is 16.9 Å². The molecule has 4 aromatic rings. The number of rotatable bonds is 3. The molecule has 2 aromatic carbocycles. The first-order chi connectivity index (χ1) is 11.7. The van der Waals surface area contributed by atoms with Gasteiger partial charge in [0, 0.05) is 17.3 Å². The number of fused-ring (bicyclic) bond motifs is 1. The molecule has 3 nitrogen and oxygen atoms in total. The summed E-state index contributed by atoms with van der Waals surface area (Å²) in [5, 5.41) is 0. The van der Waals surface area contributed by atoms with Gasteiger partial charge in [-0.25, -0.2) is 4.98 Å². The highest BCUT2D eigenvalue weighted by Gasteiger charge is 2.21. The van der Waals surface area contributed by atoms with E-state index >= 15 is 0 Å². The van der Waals surface area contributed by atoms with Gasteiger partial charge in [-0.05, 0) is 19.1 Å². The van der Waals surface area contributed by atoms with Crippen molar-refractivity contribution in [3.8, 4) is 11.3 Å². The van der Waals surface area contributed by atoms with Crippen molar-refractivity contribution in [3.63, 3.8) is 0 Å². The van der Waals surface area contributed by atoms with Gasteiger partial charge >= 0.3 is 0 Å². The molecule has 0 N–H and O–H groups in total. The summed E-state index contributed by atoms with van der Waals surface area (Å²) in [4.78, 5) is 17.6. The lowest BCUT2D eigenvalue weighted by Crippen LogP contribution is -2.04. The van der Waals surface area contributed by atoms with Crippen molar-refractivity contribution in [2.24, 2.45) is 0 Å². The minimum Gasteiger partial charge on any atom is -0.299 e. The molecule has 0 atom stereocenters. The van der Waals surface area contributed by atoms with Gasteiger partial charge in [-0.1, -0.05) is 66.2 Å². The summed E-state index contributed by atoms with van der Waals surface area (Å²) in [6.45, 7) is 2.05. The molecule has 3 heteroatoms. The quantitative estimate of drug-likeness (QED) is 0.520. The Labute approximate surface area is 140 Å². The summed E-state index contributed by atoms with van der Waals surface area (Å²) in [6, 6.07) is 23.3. The molecular weight excluding hydrogens is 296 g/mol. The third-order valence-electron chi connectivity index (χ3n) is 4.11. The van der Waals surface area contributed by atoms with Crippen LogP contribution in [0.5, 0.6) is 0 Å². The van der Waals surface area contributed by atoms with E-state index in [-0.39, 0.29) is 5.78 Å². The zero-order chi connectivity index (χ0) is 16.5. The molecule has 0 bridgehead atoms. The lowest BCUT2D eigenvalue weighted by Gasteiger charge is -2.06. The van der Waals surface area contributed by atoms with Gasteiger partial charge in [0.05, 0.1) is 5.69 Å². The highest BCUT2D eigenvalue weighted by atomic mass is 16.1. The maximum absolute atomic E-state index is 13.0. The van der Waals surface area contributed by atoms with Crippen molar-refractivity contribution in [1.29, 1.82) is 0 Å². The first-order valence-electron chi connectivity index (χ1n) is 7.88. The van der Waals surface area contributed by atoms with Crippen LogP contribution in [0.4, 0.5) is 0 Å². The number of pyridine rings is 1. The van der Waals surface area contributed by atoms with Crippen LogP contribution in [0.15, 0.2) is 79.0 Å². The van der Waals surface area contributed by atoms with Gasteiger partial charge in [0.25, 0.3) is 0 Å². The molecule has 0 radical (unpaired) electrons. The molecule has 4 rings (SSSR count). The monoisotopic (exact) mass is 312 g/mol. The average Bonchev–Trinajstić information content (AvgIpc) is 3.02. The summed E-state index contributed by atoms with van der Waals surface area (Å²) >= 11 is 0. The first kappa shape index (κ1) is 14.4. The lowest BCUT2D eigenvalue weighted by atomic mass is 10.0. The van der Waals surface area contributed by atoms with Gasteiger partial charge in [-0.3, -0.25) is 9.20 Å². The second kappa shape index (κ2) is 5.78. The minimum absolute atomic E-state index is 0.0603. The largest absolute Gasteiger partial charge is 0.299 e. The van der Waals surface area contributed by atoms with E-state index in [2.05, 4.69) is 17.1 Å². The normalized spacial score (nSPS) is 10.9. The molecule has 116 valence electrons. The third-order valence-corrected chi connectivity index (χ3v) is 4.11. The van der Waals surface area contributed by atoms with Crippen LogP contribution in [0.2, 0.25) is 0 Å². The second-order valence-electron chi connectivity index (χ2n) is 5.80. The predicted octanol–water partition coefficient (Wildman–Crippen LogP) is 4.54. The Bertz CT molecular complexity index is 1010. The van der Waals surface area contributed by atoms with Crippen LogP contribution in [0.1, 0.15) is 21.6 Å². The number of ketones is 1. The van der Waals surface area contributed by atoms with E-state index < -0.39 is 0 Å². The summed E-state index contributed by atoms with van der Waals surface area (Å²) in [6.07, 6.45) is 1.94. The number of hydrogen-bond acceptors (Lipinski definition) is 2. The van der Waals surface area contributed by atoms with Crippen LogP contribution in [0.3, 0.4) is 0 Å². The number of benzene rings is 2. The summed E-state index contributed by atoms with van der Waals surface area (Å²) in [5.74, 6) is -0.0603. The molecule has 0 aliphatic carbocycles. The van der Waals surface area contributed by atoms with Crippen molar-refractivity contribution in [2.45, 2.75) is 6.92 Å². The smallest absolute Gasteiger partial charge is 0.213 e. The van der Waals surface area contributed by atoms with Crippen LogP contribution in [0, 0.1) is 6.92 Å². The van der Waals surface area contributed by atoms with Crippen molar-refractivity contribution >= 4 is 11.4 Å². The van der Waals surface area contributed by atoms with E-state index in [0.29, 0.717) is 11.3 Å². The molecule has 0 amide bonds. The Morgan fingerprint density at radius 2 is 1.58 bits per heavy atom. The average molecular weight is 312 g/mol. The van der Waals surface area contributed by atoms with Gasteiger partial charge in [-0.2, -0.15) is 0 Å². The van der Waals surface area contributed by atoms with Crippen LogP contribution < -0.4 is 0 Å². The fourth-order valence-corrected chi connectivity index (χ4v) is 2.87. The predicted molar refractivity (Wildman–Crippen MR) is 95.2 cm³/mol. The van der Waals surface area contributed by atoms with Gasteiger partial charge in [-0.15, -0.1) is 0 Å². The topological polar surface area (TPSA) is 34.4 Å². The van der Waals surface area contributed by atoms with Gasteiger partial charge < -0.3 is 0 Å². The number of hydrogen-bond donors (Lipinski definition) is 0. The Morgan fingerprint density at radius 1 is 0.875 bits per heavy atom. The zero-order valence-corrected chi connectivity index (χ0v) is 13.3. The lowest BCUT2D eigenvalue weighted by molar-refractivity contribution is 0.103. The molecule has 0 saturated heterocycles. The van der Waals surface area contributed by atoms with E-state index in [1.807, 2.05) is 78.2 Å². The fourth-order valence-electron chi connectivity index (χ4n) is 2.87. The van der Waals surface area contributed by atoms with Crippen LogP contribution in [0.25, 0.3) is 16.9 Å². The Kier molecular flexibility index (Phi) is 3.47. The first-order valence-corrected chi connectivity index (χ1v) is 7.88. The molecule has 24 heavy (non-hydrogen) atoms. The number of aromatic nitrogens is 2. The van der Waals surface area contributed by atoms with Crippen LogP contribution in [-0.4, -0.2) is 15.2 Å². The molecule has 0 aliphatic rings. The maximum atomic E-state index is 13.0. The summed E-state index contributed by atoms with van der Waals surface area (Å²) < 4.78 is 1.97. The number of aryl methyl sites for hydroxylation is 1. The number of carbonyl (C=O) groups excluding carboxylic acids is 1. The number of imidazole rings is 1. The highest BCUT2D eigenvalue weighted by molar-refractivity contribution is 6.11. The van der Waals surface area contributed by atoms with Crippen molar-refractivity contribution in [2.75, 3.05) is 0 Å². The Morgan fingerprint density at radius 3 is 2.33 bits per heavy atom. The summed E-state index contributed by atoms with van der Waals surface area (Å²) in [7, 11) is 0. The zero-order valence-electron chi connectivity index (χ0n) is 13.3. The van der Waals surface area contributed by atoms with Crippen molar-refractivity contribution < 1.29 is 4.79 Å². The molecule has 0 unspecified atom stereocenters.